The van der Waals surface area contributed by atoms with E-state index < -0.39 is 0 Å². The molecule has 0 aliphatic heterocycles. The van der Waals surface area contributed by atoms with Gasteiger partial charge in [-0.1, -0.05) is 6.07 Å². The Labute approximate surface area is 101 Å². The van der Waals surface area contributed by atoms with Gasteiger partial charge in [-0.3, -0.25) is 9.48 Å². The standard InChI is InChI=1S/C13H17N3O/c1-4-16(5-2)13(17)10-6-7-11-9-14-15(3)12(11)8-10/h6-9H,4-5H2,1-3H3. The van der Waals surface area contributed by atoms with Crippen molar-refractivity contribution >= 4 is 16.8 Å². The molecular weight excluding hydrogens is 214 g/mol. The minimum atomic E-state index is 0.0816. The van der Waals surface area contributed by atoms with E-state index in [9.17, 15) is 4.79 Å². The number of carbonyl (C=O) groups excluding carboxylic acids is 1. The molecule has 0 atom stereocenters. The Hall–Kier alpha value is -1.84. The summed E-state index contributed by atoms with van der Waals surface area (Å²) in [5.74, 6) is 0.0816. The third-order valence-electron chi connectivity index (χ3n) is 3.05. The van der Waals surface area contributed by atoms with E-state index in [1.165, 1.54) is 0 Å². The summed E-state index contributed by atoms with van der Waals surface area (Å²) >= 11 is 0. The molecule has 2 aromatic rings. The van der Waals surface area contributed by atoms with Crippen LogP contribution in [-0.4, -0.2) is 33.7 Å². The lowest BCUT2D eigenvalue weighted by Gasteiger charge is -2.18. The highest BCUT2D eigenvalue weighted by Gasteiger charge is 2.13. The number of rotatable bonds is 3. The van der Waals surface area contributed by atoms with Crippen LogP contribution in [0, 0.1) is 0 Å². The maximum absolute atomic E-state index is 12.2. The van der Waals surface area contributed by atoms with Crippen molar-refractivity contribution in [3.05, 3.63) is 30.0 Å². The maximum atomic E-state index is 12.2. The predicted octanol–water partition coefficient (Wildman–Crippen LogP) is 2.06. The smallest absolute Gasteiger partial charge is 0.253 e. The zero-order chi connectivity index (χ0) is 12.4. The van der Waals surface area contributed by atoms with E-state index in [1.54, 1.807) is 10.9 Å². The van der Waals surface area contributed by atoms with Gasteiger partial charge in [-0.2, -0.15) is 5.10 Å². The van der Waals surface area contributed by atoms with Gasteiger partial charge >= 0.3 is 0 Å². The third kappa shape index (κ3) is 2.02. The van der Waals surface area contributed by atoms with Crippen LogP contribution < -0.4 is 0 Å². The van der Waals surface area contributed by atoms with Crippen molar-refractivity contribution in [3.8, 4) is 0 Å². The van der Waals surface area contributed by atoms with E-state index in [-0.39, 0.29) is 5.91 Å². The van der Waals surface area contributed by atoms with Crippen LogP contribution in [0.1, 0.15) is 24.2 Å². The summed E-state index contributed by atoms with van der Waals surface area (Å²) in [6.07, 6.45) is 1.81. The average molecular weight is 231 g/mol. The Morgan fingerprint density at radius 2 is 2.06 bits per heavy atom. The van der Waals surface area contributed by atoms with Crippen LogP contribution in [0.4, 0.5) is 0 Å². The van der Waals surface area contributed by atoms with E-state index in [0.717, 1.165) is 29.6 Å². The fourth-order valence-corrected chi connectivity index (χ4v) is 1.97. The normalized spacial score (nSPS) is 10.8. The summed E-state index contributed by atoms with van der Waals surface area (Å²) in [5.41, 5.74) is 1.72. The molecule has 1 amide bonds. The van der Waals surface area contributed by atoms with Crippen molar-refractivity contribution in [2.24, 2.45) is 7.05 Å². The topological polar surface area (TPSA) is 38.1 Å². The quantitative estimate of drug-likeness (QED) is 0.811. The number of carbonyl (C=O) groups is 1. The molecular formula is C13H17N3O. The van der Waals surface area contributed by atoms with Crippen LogP contribution in [0.25, 0.3) is 10.9 Å². The molecule has 4 heteroatoms. The SMILES string of the molecule is CCN(CC)C(=O)c1ccc2cnn(C)c2c1. The van der Waals surface area contributed by atoms with Gasteiger partial charge in [0.05, 0.1) is 11.7 Å². The molecule has 0 bridgehead atoms. The van der Waals surface area contributed by atoms with Crippen molar-refractivity contribution in [1.29, 1.82) is 0 Å². The minimum Gasteiger partial charge on any atom is -0.339 e. The molecule has 0 unspecified atom stereocenters. The number of aromatic nitrogens is 2. The second-order valence-corrected chi connectivity index (χ2v) is 4.02. The first-order valence-corrected chi connectivity index (χ1v) is 5.88. The molecule has 90 valence electrons. The Morgan fingerprint density at radius 1 is 1.35 bits per heavy atom. The molecule has 0 radical (unpaired) electrons. The van der Waals surface area contributed by atoms with Gasteiger partial charge in [-0.05, 0) is 26.0 Å². The van der Waals surface area contributed by atoms with Gasteiger partial charge in [0.25, 0.3) is 5.91 Å². The number of hydrogen-bond donors (Lipinski definition) is 0. The van der Waals surface area contributed by atoms with Gasteiger partial charge in [-0.15, -0.1) is 0 Å². The lowest BCUT2D eigenvalue weighted by molar-refractivity contribution is 0.0773. The minimum absolute atomic E-state index is 0.0816. The first-order chi connectivity index (χ1) is 8.17. The highest BCUT2D eigenvalue weighted by molar-refractivity contribution is 5.97. The Balaban J connectivity index is 2.41. The molecule has 0 fully saturated rings. The predicted molar refractivity (Wildman–Crippen MR) is 68.0 cm³/mol. The van der Waals surface area contributed by atoms with E-state index in [1.807, 2.05) is 44.0 Å². The van der Waals surface area contributed by atoms with Crippen molar-refractivity contribution in [2.75, 3.05) is 13.1 Å². The van der Waals surface area contributed by atoms with Crippen molar-refractivity contribution < 1.29 is 4.79 Å². The maximum Gasteiger partial charge on any atom is 0.253 e. The molecule has 4 nitrogen and oxygen atoms in total. The average Bonchev–Trinajstić information content (AvgIpc) is 2.72. The number of aryl methyl sites for hydroxylation is 1. The molecule has 0 saturated heterocycles. The van der Waals surface area contributed by atoms with E-state index >= 15 is 0 Å². The third-order valence-corrected chi connectivity index (χ3v) is 3.05. The van der Waals surface area contributed by atoms with Crippen LogP contribution in [0.5, 0.6) is 0 Å². The van der Waals surface area contributed by atoms with Crippen molar-refractivity contribution in [3.63, 3.8) is 0 Å². The molecule has 1 aromatic carbocycles. The lowest BCUT2D eigenvalue weighted by atomic mass is 10.1. The molecule has 0 spiro atoms. The summed E-state index contributed by atoms with van der Waals surface area (Å²) in [7, 11) is 1.88. The highest BCUT2D eigenvalue weighted by Crippen LogP contribution is 2.16. The summed E-state index contributed by atoms with van der Waals surface area (Å²) in [4.78, 5) is 14.0. The van der Waals surface area contributed by atoms with Gasteiger partial charge in [-0.25, -0.2) is 0 Å². The van der Waals surface area contributed by atoms with E-state index in [0.29, 0.717) is 0 Å². The zero-order valence-electron chi connectivity index (χ0n) is 10.5. The molecule has 2 rings (SSSR count). The number of nitrogens with zero attached hydrogens (tertiary/aromatic N) is 3. The Kier molecular flexibility index (Phi) is 3.13. The molecule has 0 saturated carbocycles. The summed E-state index contributed by atoms with van der Waals surface area (Å²) in [5, 5.41) is 5.23. The summed E-state index contributed by atoms with van der Waals surface area (Å²) in [6, 6.07) is 5.72. The van der Waals surface area contributed by atoms with E-state index in [4.69, 9.17) is 0 Å². The number of benzene rings is 1. The summed E-state index contributed by atoms with van der Waals surface area (Å²) in [6.45, 7) is 5.45. The largest absolute Gasteiger partial charge is 0.339 e. The van der Waals surface area contributed by atoms with Crippen LogP contribution >= 0.6 is 0 Å². The number of amides is 1. The van der Waals surface area contributed by atoms with Gasteiger partial charge in [0.1, 0.15) is 0 Å². The second kappa shape index (κ2) is 4.57. The van der Waals surface area contributed by atoms with Gasteiger partial charge in [0, 0.05) is 31.1 Å². The van der Waals surface area contributed by atoms with Crippen molar-refractivity contribution in [1.82, 2.24) is 14.7 Å². The van der Waals surface area contributed by atoms with Gasteiger partial charge in [0.2, 0.25) is 0 Å². The zero-order valence-corrected chi connectivity index (χ0v) is 10.5. The summed E-state index contributed by atoms with van der Waals surface area (Å²) < 4.78 is 1.79. The number of hydrogen-bond acceptors (Lipinski definition) is 2. The molecule has 0 aliphatic carbocycles. The first-order valence-electron chi connectivity index (χ1n) is 5.88. The van der Waals surface area contributed by atoms with Crippen LogP contribution in [-0.2, 0) is 7.05 Å². The second-order valence-electron chi connectivity index (χ2n) is 4.02. The molecule has 1 heterocycles. The van der Waals surface area contributed by atoms with Gasteiger partial charge < -0.3 is 4.90 Å². The Bertz CT molecular complexity index is 541. The fourth-order valence-electron chi connectivity index (χ4n) is 1.97. The first kappa shape index (κ1) is 11.6. The monoisotopic (exact) mass is 231 g/mol. The molecule has 0 N–H and O–H groups in total. The highest BCUT2D eigenvalue weighted by atomic mass is 16.2. The fraction of sp³-hybridized carbons (Fsp3) is 0.385. The van der Waals surface area contributed by atoms with Gasteiger partial charge in [0.15, 0.2) is 0 Å². The Morgan fingerprint density at radius 3 is 2.71 bits per heavy atom. The molecule has 0 aliphatic rings. The molecule has 1 aromatic heterocycles. The molecule has 17 heavy (non-hydrogen) atoms. The lowest BCUT2D eigenvalue weighted by Crippen LogP contribution is -2.30. The van der Waals surface area contributed by atoms with Crippen molar-refractivity contribution in [2.45, 2.75) is 13.8 Å². The number of fused-ring (bicyclic) bond motifs is 1. The van der Waals surface area contributed by atoms with E-state index in [2.05, 4.69) is 5.10 Å². The van der Waals surface area contributed by atoms with Crippen LogP contribution in [0.15, 0.2) is 24.4 Å². The van der Waals surface area contributed by atoms with Crippen LogP contribution in [0.3, 0.4) is 0 Å². The van der Waals surface area contributed by atoms with Crippen LogP contribution in [0.2, 0.25) is 0 Å².